The summed E-state index contributed by atoms with van der Waals surface area (Å²) < 4.78 is 5.27. The molecule has 41 heavy (non-hydrogen) atoms. The molecule has 0 aromatic heterocycles. The first kappa shape index (κ1) is 30.1. The molecule has 0 saturated heterocycles. The van der Waals surface area contributed by atoms with Crippen molar-refractivity contribution in [2.24, 2.45) is 29.4 Å². The Hall–Kier alpha value is -3.84. The zero-order valence-corrected chi connectivity index (χ0v) is 24.1. The molecule has 2 amide bonds. The van der Waals surface area contributed by atoms with Crippen LogP contribution >= 0.6 is 0 Å². The number of likely N-dealkylation sites (N-methyl/N-ethyl adjacent to an activating group) is 1. The Morgan fingerprint density at radius 3 is 2.22 bits per heavy atom. The van der Waals surface area contributed by atoms with E-state index in [1.807, 2.05) is 0 Å². The number of rotatable bonds is 4. The topological polar surface area (TPSA) is 197 Å². The number of phenolic OH excluding ortho intramolecular Hbond substituents is 1. The summed E-state index contributed by atoms with van der Waals surface area (Å²) in [6.45, 7) is 4.97. The number of fused-ring (bicyclic) bond motifs is 3. The van der Waals surface area contributed by atoms with E-state index in [-0.39, 0.29) is 24.1 Å². The largest absolute Gasteiger partial charge is 0.505 e. The van der Waals surface area contributed by atoms with Gasteiger partial charge in [0.1, 0.15) is 11.4 Å². The van der Waals surface area contributed by atoms with Gasteiger partial charge in [-0.25, -0.2) is 4.79 Å². The van der Waals surface area contributed by atoms with E-state index in [0.717, 1.165) is 0 Å². The lowest BCUT2D eigenvalue weighted by Crippen LogP contribution is -2.74. The second-order valence-corrected chi connectivity index (χ2v) is 12.5. The van der Waals surface area contributed by atoms with Gasteiger partial charge >= 0.3 is 6.09 Å². The van der Waals surface area contributed by atoms with Crippen molar-refractivity contribution in [3.05, 3.63) is 17.2 Å². The summed E-state index contributed by atoms with van der Waals surface area (Å²) in [5, 5.41) is 25.3. The van der Waals surface area contributed by atoms with Crippen molar-refractivity contribution in [2.45, 2.75) is 50.9 Å². The molecule has 2 saturated carbocycles. The number of hydrogen-bond acceptors (Lipinski definition) is 11. The number of nitrogens with zero attached hydrogens (tertiary/aromatic N) is 2. The van der Waals surface area contributed by atoms with Gasteiger partial charge in [-0.05, 0) is 65.3 Å². The van der Waals surface area contributed by atoms with Crippen LogP contribution in [0.25, 0.3) is 0 Å². The Morgan fingerprint density at radius 2 is 1.71 bits per heavy atom. The zero-order valence-electron chi connectivity index (χ0n) is 24.1. The van der Waals surface area contributed by atoms with Gasteiger partial charge in [-0.1, -0.05) is 0 Å². The third-order valence-corrected chi connectivity index (χ3v) is 8.16. The first-order valence-corrected chi connectivity index (χ1v) is 13.2. The number of ketones is 4. The van der Waals surface area contributed by atoms with Crippen LogP contribution in [0.4, 0.5) is 16.2 Å². The molecule has 0 bridgehead atoms. The number of hydrogen-bond donors (Lipinski definition) is 4. The third kappa shape index (κ3) is 4.66. The van der Waals surface area contributed by atoms with E-state index in [0.29, 0.717) is 11.3 Å². The molecule has 1 aromatic carbocycles. The number of carbonyl (C=O) groups excluding carboxylic acids is 6. The number of carbonyl (C=O) groups is 6. The Labute approximate surface area is 237 Å². The van der Waals surface area contributed by atoms with E-state index in [4.69, 9.17) is 10.5 Å². The number of phenols is 1. The van der Waals surface area contributed by atoms with E-state index in [2.05, 4.69) is 5.32 Å². The molecule has 13 nitrogen and oxygen atoms in total. The average Bonchev–Trinajstić information content (AvgIpc) is 2.81. The Kier molecular flexibility index (Phi) is 7.28. The number of nitrogens with two attached hydrogens (primary N) is 1. The molecule has 5 N–H and O–H groups in total. The highest BCUT2D eigenvalue weighted by Crippen LogP contribution is 2.52. The standard InChI is InChI=1S/C28H36N4O9/c1-27(2,3)41-26(39)30-14-10-15(31(4)5)12-8-11-9-13-19(32(6)7)22(35)18(25(29)38)24(37)28(13,40)23(36)16(11)21(34)17(12)20(14)33/h10-11,13,16,18-19,33,40H,8-9H2,1-7H3,(H2,29,38)(H,30,39)/t11-,13-,16?,18?,19-,28-/m0/s1. The van der Waals surface area contributed by atoms with Gasteiger partial charge in [0.25, 0.3) is 0 Å². The Balaban J connectivity index is 1.85. The molecule has 3 aliphatic carbocycles. The summed E-state index contributed by atoms with van der Waals surface area (Å²) in [6.07, 6.45) is -0.844. The number of nitrogens with one attached hydrogen (secondary N) is 1. The first-order valence-electron chi connectivity index (χ1n) is 13.2. The molecule has 2 fully saturated rings. The summed E-state index contributed by atoms with van der Waals surface area (Å²) in [7, 11) is 6.46. The molecule has 0 aliphatic heterocycles. The number of aliphatic hydroxyl groups is 1. The van der Waals surface area contributed by atoms with Crippen molar-refractivity contribution in [1.29, 1.82) is 0 Å². The van der Waals surface area contributed by atoms with Crippen molar-refractivity contribution in [2.75, 3.05) is 38.4 Å². The highest BCUT2D eigenvalue weighted by atomic mass is 16.6. The van der Waals surface area contributed by atoms with Crippen LogP contribution in [0.15, 0.2) is 6.07 Å². The highest BCUT2D eigenvalue weighted by Gasteiger charge is 2.69. The number of Topliss-reactive ketones (excluding diaryl/α,β-unsaturated/α-hetero) is 4. The van der Waals surface area contributed by atoms with Crippen LogP contribution in [0.3, 0.4) is 0 Å². The molecule has 1 aromatic rings. The summed E-state index contributed by atoms with van der Waals surface area (Å²) in [6, 6.07) is 0.305. The average molecular weight is 573 g/mol. The lowest BCUT2D eigenvalue weighted by molar-refractivity contribution is -0.181. The van der Waals surface area contributed by atoms with Gasteiger partial charge in [-0.2, -0.15) is 0 Å². The number of benzene rings is 1. The smallest absolute Gasteiger partial charge is 0.412 e. The lowest BCUT2D eigenvalue weighted by Gasteiger charge is -2.52. The second-order valence-electron chi connectivity index (χ2n) is 12.5. The van der Waals surface area contributed by atoms with Crippen LogP contribution in [0, 0.1) is 23.7 Å². The van der Waals surface area contributed by atoms with Crippen molar-refractivity contribution in [1.82, 2.24) is 4.90 Å². The monoisotopic (exact) mass is 572 g/mol. The number of anilines is 2. The van der Waals surface area contributed by atoms with Crippen molar-refractivity contribution < 1.29 is 43.7 Å². The maximum atomic E-state index is 14.0. The molecular formula is C28H36N4O9. The van der Waals surface area contributed by atoms with Gasteiger partial charge in [0.15, 0.2) is 34.7 Å². The fourth-order valence-corrected chi connectivity index (χ4v) is 6.56. The lowest BCUT2D eigenvalue weighted by atomic mass is 9.52. The van der Waals surface area contributed by atoms with E-state index >= 15 is 0 Å². The van der Waals surface area contributed by atoms with E-state index in [1.54, 1.807) is 39.8 Å². The van der Waals surface area contributed by atoms with Crippen LogP contribution in [0.2, 0.25) is 0 Å². The molecular weight excluding hydrogens is 536 g/mol. The fraction of sp³-hybridized carbons (Fsp3) is 0.571. The maximum absolute atomic E-state index is 14.0. The minimum Gasteiger partial charge on any atom is -0.505 e. The predicted molar refractivity (Wildman–Crippen MR) is 146 cm³/mol. The Morgan fingerprint density at radius 1 is 1.10 bits per heavy atom. The first-order chi connectivity index (χ1) is 18.8. The molecule has 0 radical (unpaired) electrons. The number of ether oxygens (including phenoxy) is 1. The molecule has 2 unspecified atom stereocenters. The van der Waals surface area contributed by atoms with Gasteiger partial charge in [0, 0.05) is 25.7 Å². The van der Waals surface area contributed by atoms with Crippen molar-refractivity contribution in [3.8, 4) is 5.75 Å². The molecule has 0 heterocycles. The molecule has 222 valence electrons. The molecule has 0 spiro atoms. The van der Waals surface area contributed by atoms with Crippen molar-refractivity contribution in [3.63, 3.8) is 0 Å². The van der Waals surface area contributed by atoms with Gasteiger partial charge in [0.05, 0.1) is 23.2 Å². The number of aromatic hydroxyl groups is 1. The maximum Gasteiger partial charge on any atom is 0.412 e. The minimum atomic E-state index is -2.82. The van der Waals surface area contributed by atoms with Gasteiger partial charge < -0.3 is 25.6 Å². The Bertz CT molecular complexity index is 1380. The molecule has 6 atom stereocenters. The summed E-state index contributed by atoms with van der Waals surface area (Å²) in [4.78, 5) is 82.3. The van der Waals surface area contributed by atoms with E-state index < -0.39 is 81.8 Å². The quantitative estimate of drug-likeness (QED) is 0.286. The third-order valence-electron chi connectivity index (χ3n) is 8.16. The van der Waals surface area contributed by atoms with Crippen LogP contribution in [0.1, 0.15) is 43.1 Å². The number of primary amides is 1. The molecule has 3 aliphatic rings. The van der Waals surface area contributed by atoms with Gasteiger partial charge in [0.2, 0.25) is 5.91 Å². The predicted octanol–water partition coefficient (Wildman–Crippen LogP) is 0.280. The SMILES string of the molecule is CN(C)c1cc(NC(=O)OC(C)(C)C)c(O)c2c1C[C@H]1C[C@H]3[C@H](N(C)C)C(=O)C(C(N)=O)C(=O)[C@@]3(O)C(=O)C1C2=O. The fourth-order valence-electron chi connectivity index (χ4n) is 6.56. The summed E-state index contributed by atoms with van der Waals surface area (Å²) >= 11 is 0. The van der Waals surface area contributed by atoms with E-state index in [9.17, 15) is 39.0 Å². The van der Waals surface area contributed by atoms with Crippen LogP contribution in [0.5, 0.6) is 5.75 Å². The van der Waals surface area contributed by atoms with Crippen molar-refractivity contribution >= 4 is 46.5 Å². The molecule has 13 heteroatoms. The zero-order chi connectivity index (χ0) is 30.9. The van der Waals surface area contributed by atoms with Crippen LogP contribution in [-0.2, 0) is 30.3 Å². The van der Waals surface area contributed by atoms with Gasteiger partial charge in [-0.15, -0.1) is 0 Å². The summed E-state index contributed by atoms with van der Waals surface area (Å²) in [5.41, 5.74) is 2.23. The van der Waals surface area contributed by atoms with Gasteiger partial charge in [-0.3, -0.25) is 34.2 Å². The molecule has 4 rings (SSSR count). The van der Waals surface area contributed by atoms with Crippen LogP contribution < -0.4 is 16.0 Å². The minimum absolute atomic E-state index is 0.0601. The number of amides is 2. The second kappa shape index (κ2) is 9.91. The summed E-state index contributed by atoms with van der Waals surface area (Å²) in [5.74, 6) is -11.5. The normalized spacial score (nSPS) is 29.4. The van der Waals surface area contributed by atoms with Crippen LogP contribution in [-0.4, -0.2) is 95.7 Å². The van der Waals surface area contributed by atoms with E-state index in [1.165, 1.54) is 25.1 Å². The highest BCUT2D eigenvalue weighted by molar-refractivity contribution is 6.32.